The van der Waals surface area contributed by atoms with Gasteiger partial charge in [-0.3, -0.25) is 4.79 Å². The third kappa shape index (κ3) is 2.85. The zero-order valence-corrected chi connectivity index (χ0v) is 11.4. The lowest BCUT2D eigenvalue weighted by Gasteiger charge is -2.39. The summed E-state index contributed by atoms with van der Waals surface area (Å²) in [6, 6.07) is 0.257. The van der Waals surface area contributed by atoms with Gasteiger partial charge in [0.2, 0.25) is 0 Å². The van der Waals surface area contributed by atoms with Gasteiger partial charge >= 0.3 is 0 Å². The summed E-state index contributed by atoms with van der Waals surface area (Å²) >= 11 is 6.29. The number of rotatable bonds is 4. The number of carbonyl (C=O) groups is 1. The summed E-state index contributed by atoms with van der Waals surface area (Å²) in [5.74, 6) is 0.702. The van der Waals surface area contributed by atoms with Gasteiger partial charge in [0.1, 0.15) is 0 Å². The molecule has 2 rings (SSSR count). The van der Waals surface area contributed by atoms with Gasteiger partial charge in [-0.05, 0) is 31.6 Å². The van der Waals surface area contributed by atoms with Gasteiger partial charge < -0.3 is 5.32 Å². The minimum absolute atomic E-state index is 0.0710. The van der Waals surface area contributed by atoms with E-state index in [1.807, 2.05) is 0 Å². The summed E-state index contributed by atoms with van der Waals surface area (Å²) in [5.41, 5.74) is 0.895. The number of hydrogen-bond acceptors (Lipinski definition) is 1. The molecule has 1 aliphatic heterocycles. The molecule has 0 aromatic heterocycles. The van der Waals surface area contributed by atoms with Crippen LogP contribution in [0.5, 0.6) is 0 Å². The Bertz CT molecular complexity index is 318. The molecule has 1 heterocycles. The zero-order valence-electron chi connectivity index (χ0n) is 10.6. The topological polar surface area (TPSA) is 29.1 Å². The number of carbonyl (C=O) groups excluding carboxylic acids is 1. The molecule has 1 N–H and O–H groups in total. The van der Waals surface area contributed by atoms with Crippen LogP contribution in [0, 0.1) is 5.92 Å². The van der Waals surface area contributed by atoms with Crippen LogP contribution in [0.15, 0.2) is 10.6 Å². The SMILES string of the molecule is CCCCC(Cl)=C1C(=O)NC1C1CCCCC1. The fraction of sp³-hybridized carbons (Fsp3) is 0.786. The smallest absolute Gasteiger partial charge is 0.250 e. The molecular weight excluding hydrogens is 234 g/mol. The summed E-state index contributed by atoms with van der Waals surface area (Å²) in [7, 11) is 0. The van der Waals surface area contributed by atoms with Crippen LogP contribution >= 0.6 is 11.6 Å². The summed E-state index contributed by atoms with van der Waals surface area (Å²) in [6.45, 7) is 2.15. The molecule has 96 valence electrons. The van der Waals surface area contributed by atoms with E-state index < -0.39 is 0 Å². The van der Waals surface area contributed by atoms with E-state index in [1.54, 1.807) is 0 Å². The molecule has 0 bridgehead atoms. The van der Waals surface area contributed by atoms with Crippen molar-refractivity contribution >= 4 is 17.5 Å². The Morgan fingerprint density at radius 1 is 1.35 bits per heavy atom. The first-order valence-corrected chi connectivity index (χ1v) is 7.31. The van der Waals surface area contributed by atoms with Crippen molar-refractivity contribution in [3.05, 3.63) is 10.6 Å². The Kier molecular flexibility index (Phi) is 4.49. The van der Waals surface area contributed by atoms with Gasteiger partial charge in [-0.2, -0.15) is 0 Å². The van der Waals surface area contributed by atoms with Gasteiger partial charge in [0, 0.05) is 5.03 Å². The summed E-state index contributed by atoms with van der Waals surface area (Å²) < 4.78 is 0. The lowest BCUT2D eigenvalue weighted by atomic mass is 9.77. The van der Waals surface area contributed by atoms with Crippen LogP contribution in [0.4, 0.5) is 0 Å². The number of allylic oxidation sites excluding steroid dienone is 1. The third-order valence-electron chi connectivity index (χ3n) is 4.01. The van der Waals surface area contributed by atoms with Gasteiger partial charge in [-0.15, -0.1) is 0 Å². The van der Waals surface area contributed by atoms with Crippen LogP contribution in [-0.4, -0.2) is 11.9 Å². The highest BCUT2D eigenvalue weighted by Gasteiger charge is 2.40. The van der Waals surface area contributed by atoms with Gasteiger partial charge in [0.15, 0.2) is 0 Å². The van der Waals surface area contributed by atoms with E-state index in [0.29, 0.717) is 5.92 Å². The normalized spacial score (nSPS) is 28.6. The molecule has 17 heavy (non-hydrogen) atoms. The van der Waals surface area contributed by atoms with Crippen LogP contribution in [0.1, 0.15) is 58.3 Å². The standard InChI is InChI=1S/C14H22ClNO/c1-2-3-9-11(15)12-13(16-14(12)17)10-7-5-4-6-8-10/h10,13H,2-9H2,1H3,(H,16,17). The number of β-lactam (4-membered cyclic amide) rings is 1. The molecule has 0 aromatic rings. The average molecular weight is 256 g/mol. The fourth-order valence-corrected chi connectivity index (χ4v) is 3.27. The summed E-state index contributed by atoms with van der Waals surface area (Å²) in [6.07, 6.45) is 9.50. The van der Waals surface area contributed by atoms with Gasteiger partial charge in [0.05, 0.1) is 11.6 Å². The molecule has 0 spiro atoms. The van der Waals surface area contributed by atoms with Crippen molar-refractivity contribution in [2.75, 3.05) is 0 Å². The lowest BCUT2D eigenvalue weighted by Crippen LogP contribution is -2.56. The summed E-state index contributed by atoms with van der Waals surface area (Å²) in [5, 5.41) is 3.85. The van der Waals surface area contributed by atoms with E-state index in [0.717, 1.165) is 29.9 Å². The summed E-state index contributed by atoms with van der Waals surface area (Å²) in [4.78, 5) is 11.6. The molecule has 2 aliphatic rings. The van der Waals surface area contributed by atoms with Crippen molar-refractivity contribution in [3.63, 3.8) is 0 Å². The number of halogens is 1. The predicted molar refractivity (Wildman–Crippen MR) is 70.9 cm³/mol. The second-order valence-corrected chi connectivity index (χ2v) is 5.73. The highest BCUT2D eigenvalue weighted by atomic mass is 35.5. The van der Waals surface area contributed by atoms with Crippen LogP contribution in [-0.2, 0) is 4.79 Å². The minimum Gasteiger partial charge on any atom is -0.345 e. The van der Waals surface area contributed by atoms with Crippen molar-refractivity contribution in [2.45, 2.75) is 64.3 Å². The number of amides is 1. The maximum Gasteiger partial charge on any atom is 0.250 e. The van der Waals surface area contributed by atoms with Gasteiger partial charge in [-0.25, -0.2) is 0 Å². The zero-order chi connectivity index (χ0) is 12.3. The van der Waals surface area contributed by atoms with Gasteiger partial charge in [-0.1, -0.05) is 44.2 Å². The molecule has 1 saturated carbocycles. The molecule has 0 radical (unpaired) electrons. The van der Waals surface area contributed by atoms with Crippen molar-refractivity contribution in [3.8, 4) is 0 Å². The van der Waals surface area contributed by atoms with Crippen LogP contribution in [0.2, 0.25) is 0 Å². The predicted octanol–water partition coefficient (Wildman–Crippen LogP) is 3.75. The fourth-order valence-electron chi connectivity index (χ4n) is 2.93. The molecule has 1 atom stereocenters. The maximum absolute atomic E-state index is 11.6. The van der Waals surface area contributed by atoms with E-state index in [9.17, 15) is 4.79 Å². The third-order valence-corrected chi connectivity index (χ3v) is 4.40. The number of unbranched alkanes of at least 4 members (excludes halogenated alkanes) is 1. The van der Waals surface area contributed by atoms with E-state index in [4.69, 9.17) is 11.6 Å². The minimum atomic E-state index is 0.0710. The first-order valence-electron chi connectivity index (χ1n) is 6.93. The van der Waals surface area contributed by atoms with Crippen LogP contribution < -0.4 is 5.32 Å². The molecule has 3 heteroatoms. The van der Waals surface area contributed by atoms with E-state index in [-0.39, 0.29) is 11.9 Å². The highest BCUT2D eigenvalue weighted by Crippen LogP contribution is 2.36. The molecule has 1 aliphatic carbocycles. The van der Waals surface area contributed by atoms with Crippen LogP contribution in [0.3, 0.4) is 0 Å². The highest BCUT2D eigenvalue weighted by molar-refractivity contribution is 6.32. The van der Waals surface area contributed by atoms with Crippen molar-refractivity contribution in [2.24, 2.45) is 5.92 Å². The Hall–Kier alpha value is -0.500. The molecule has 2 nitrogen and oxygen atoms in total. The number of nitrogens with one attached hydrogen (secondary N) is 1. The van der Waals surface area contributed by atoms with Crippen molar-refractivity contribution < 1.29 is 4.79 Å². The second kappa shape index (κ2) is 5.90. The van der Waals surface area contributed by atoms with E-state index in [1.165, 1.54) is 32.1 Å². The average Bonchev–Trinajstić information content (AvgIpc) is 2.34. The molecule has 0 aromatic carbocycles. The first kappa shape index (κ1) is 12.9. The Labute approximate surface area is 109 Å². The Morgan fingerprint density at radius 3 is 2.65 bits per heavy atom. The second-order valence-electron chi connectivity index (χ2n) is 5.27. The maximum atomic E-state index is 11.6. The molecule has 2 fully saturated rings. The molecule has 1 amide bonds. The lowest BCUT2D eigenvalue weighted by molar-refractivity contribution is -0.123. The monoisotopic (exact) mass is 255 g/mol. The van der Waals surface area contributed by atoms with Crippen molar-refractivity contribution in [1.82, 2.24) is 5.32 Å². The molecular formula is C14H22ClNO. The Balaban J connectivity index is 2.01. The first-order chi connectivity index (χ1) is 8.24. The largest absolute Gasteiger partial charge is 0.345 e. The van der Waals surface area contributed by atoms with E-state index >= 15 is 0 Å². The Morgan fingerprint density at radius 2 is 2.06 bits per heavy atom. The molecule has 1 saturated heterocycles. The number of hydrogen-bond donors (Lipinski definition) is 1. The van der Waals surface area contributed by atoms with Crippen LogP contribution in [0.25, 0.3) is 0 Å². The van der Waals surface area contributed by atoms with E-state index in [2.05, 4.69) is 12.2 Å². The van der Waals surface area contributed by atoms with Gasteiger partial charge in [0.25, 0.3) is 5.91 Å². The van der Waals surface area contributed by atoms with Crippen molar-refractivity contribution in [1.29, 1.82) is 0 Å². The quantitative estimate of drug-likeness (QED) is 0.602. The molecule has 1 unspecified atom stereocenters.